The molecule has 0 aliphatic heterocycles. The van der Waals surface area contributed by atoms with Gasteiger partial charge in [0, 0.05) is 5.33 Å². The monoisotopic (exact) mass is 482 g/mol. The van der Waals surface area contributed by atoms with Crippen LogP contribution in [-0.4, -0.2) is 13.2 Å². The summed E-state index contributed by atoms with van der Waals surface area (Å²) >= 11 is 3.74. The van der Waals surface area contributed by atoms with Crippen molar-refractivity contribution in [3.8, 4) is 0 Å². The molecule has 2 unspecified atom stereocenters. The van der Waals surface area contributed by atoms with Gasteiger partial charge in [0.2, 0.25) is 0 Å². The van der Waals surface area contributed by atoms with Crippen molar-refractivity contribution < 1.29 is 0 Å². The van der Waals surface area contributed by atoms with Crippen LogP contribution in [0.3, 0.4) is 0 Å². The molecule has 0 aromatic heterocycles. The first-order valence-electron chi connectivity index (χ1n) is 11.9. The lowest BCUT2D eigenvalue weighted by Crippen LogP contribution is -2.41. The van der Waals surface area contributed by atoms with Crippen LogP contribution in [0.25, 0.3) is 0 Å². The maximum Gasteiger partial charge on any atom is 0.105 e. The molecule has 0 bridgehead atoms. The zero-order valence-electron chi connectivity index (χ0n) is 21.6. The molecule has 0 amide bonds. The minimum Gasteiger partial charge on any atom is -0.0922 e. The Balaban J connectivity index is 2.41. The Morgan fingerprint density at radius 3 is 1.74 bits per heavy atom. The van der Waals surface area contributed by atoms with Gasteiger partial charge in [0.1, 0.15) is 7.85 Å². The summed E-state index contributed by atoms with van der Waals surface area (Å²) in [5, 5.41) is 0.990. The van der Waals surface area contributed by atoms with E-state index in [9.17, 15) is 0 Å². The van der Waals surface area contributed by atoms with Crippen molar-refractivity contribution in [3.63, 3.8) is 0 Å². The van der Waals surface area contributed by atoms with Crippen molar-refractivity contribution in [1.29, 1.82) is 0 Å². The molecular weight excluding hydrogens is 439 g/mol. The van der Waals surface area contributed by atoms with E-state index in [1.165, 1.54) is 16.7 Å². The lowest BCUT2D eigenvalue weighted by molar-refractivity contribution is 0.0733. The van der Waals surface area contributed by atoms with Gasteiger partial charge in [0.25, 0.3) is 0 Å². The fraction of sp³-hybridized carbons (Fsp3) is 0.586. The Hall–Kier alpha value is -1.02. The molecule has 2 aromatic carbocycles. The highest BCUT2D eigenvalue weighted by atomic mass is 79.9. The Labute approximate surface area is 202 Å². The highest BCUT2D eigenvalue weighted by Crippen LogP contribution is 2.54. The zero-order valence-corrected chi connectivity index (χ0v) is 23.2. The van der Waals surface area contributed by atoms with Gasteiger partial charge in [-0.05, 0) is 50.7 Å². The molecule has 0 heterocycles. The highest BCUT2D eigenvalue weighted by Gasteiger charge is 2.45. The van der Waals surface area contributed by atoms with Crippen LogP contribution >= 0.6 is 15.9 Å². The van der Waals surface area contributed by atoms with Gasteiger partial charge in [-0.1, -0.05) is 139 Å². The molecule has 0 saturated heterocycles. The lowest BCUT2D eigenvalue weighted by Gasteiger charge is -2.49. The molecule has 0 N–H and O–H groups in total. The number of alkyl halides is 1. The normalized spacial score (nSPS) is 15.5. The predicted octanol–water partition coefficient (Wildman–Crippen LogP) is 8.21. The van der Waals surface area contributed by atoms with Gasteiger partial charge in [-0.2, -0.15) is 0 Å². The average Bonchev–Trinajstić information content (AvgIpc) is 2.68. The van der Waals surface area contributed by atoms with Gasteiger partial charge in [0.05, 0.1) is 0 Å². The summed E-state index contributed by atoms with van der Waals surface area (Å²) in [5.41, 5.74) is 4.91. The molecule has 0 radical (unpaired) electrons. The van der Waals surface area contributed by atoms with Gasteiger partial charge < -0.3 is 0 Å². The van der Waals surface area contributed by atoms with Crippen molar-refractivity contribution in [2.24, 2.45) is 16.2 Å². The SMILES string of the molecule is BC(C)C(c1ccc(C(C)(C)C(C)(C)CBr)cc1)C(C)(C)C(C)(C)Cc1ccccc1. The van der Waals surface area contributed by atoms with Crippen LogP contribution in [0.1, 0.15) is 84.9 Å². The quantitative estimate of drug-likeness (QED) is 0.249. The van der Waals surface area contributed by atoms with E-state index in [0.29, 0.717) is 11.7 Å². The summed E-state index contributed by atoms with van der Waals surface area (Å²) in [6, 6.07) is 20.6. The molecular formula is C29H44BBr. The van der Waals surface area contributed by atoms with Gasteiger partial charge in [-0.3, -0.25) is 0 Å². The van der Waals surface area contributed by atoms with Crippen molar-refractivity contribution in [3.05, 3.63) is 71.3 Å². The van der Waals surface area contributed by atoms with Crippen molar-refractivity contribution >= 4 is 23.8 Å². The minimum absolute atomic E-state index is 0.102. The molecule has 0 aliphatic rings. The van der Waals surface area contributed by atoms with Crippen LogP contribution in [0.15, 0.2) is 54.6 Å². The number of benzene rings is 2. The fourth-order valence-electron chi connectivity index (χ4n) is 5.05. The van der Waals surface area contributed by atoms with E-state index in [-0.39, 0.29) is 21.7 Å². The first-order chi connectivity index (χ1) is 14.2. The molecule has 2 rings (SSSR count). The molecule has 0 nitrogen and oxygen atoms in total. The van der Waals surface area contributed by atoms with Gasteiger partial charge in [0.15, 0.2) is 0 Å². The largest absolute Gasteiger partial charge is 0.105 e. The molecule has 0 fully saturated rings. The molecule has 0 saturated carbocycles. The van der Waals surface area contributed by atoms with E-state index in [2.05, 4.69) is 141 Å². The molecule has 0 spiro atoms. The third-order valence-corrected chi connectivity index (χ3v) is 10.1. The van der Waals surface area contributed by atoms with Crippen LogP contribution in [0.4, 0.5) is 0 Å². The summed E-state index contributed by atoms with van der Waals surface area (Å²) in [6.45, 7) is 21.7. The maximum atomic E-state index is 3.74. The number of halogens is 1. The van der Waals surface area contributed by atoms with E-state index in [1.807, 2.05) is 0 Å². The third-order valence-electron chi connectivity index (χ3n) is 8.69. The van der Waals surface area contributed by atoms with Crippen molar-refractivity contribution in [2.75, 3.05) is 5.33 Å². The molecule has 31 heavy (non-hydrogen) atoms. The summed E-state index contributed by atoms with van der Waals surface area (Å²) in [5.74, 6) is 1.07. The second-order valence-corrected chi connectivity index (χ2v) is 12.8. The molecule has 0 aliphatic carbocycles. The van der Waals surface area contributed by atoms with Crippen molar-refractivity contribution in [1.82, 2.24) is 0 Å². The van der Waals surface area contributed by atoms with E-state index < -0.39 is 0 Å². The average molecular weight is 483 g/mol. The topological polar surface area (TPSA) is 0 Å². The minimum atomic E-state index is 0.102. The second kappa shape index (κ2) is 9.46. The van der Waals surface area contributed by atoms with E-state index >= 15 is 0 Å². The first kappa shape index (κ1) is 26.2. The van der Waals surface area contributed by atoms with E-state index in [4.69, 9.17) is 0 Å². The highest BCUT2D eigenvalue weighted by molar-refractivity contribution is 9.09. The lowest BCUT2D eigenvalue weighted by atomic mass is 9.52. The maximum absolute atomic E-state index is 3.74. The second-order valence-electron chi connectivity index (χ2n) is 12.3. The Morgan fingerprint density at radius 1 is 0.774 bits per heavy atom. The summed E-state index contributed by atoms with van der Waals surface area (Å²) in [6.07, 6.45) is 1.09. The number of hydrogen-bond donors (Lipinski definition) is 0. The van der Waals surface area contributed by atoms with Crippen LogP contribution in [0.2, 0.25) is 5.82 Å². The van der Waals surface area contributed by atoms with Gasteiger partial charge in [-0.25, -0.2) is 0 Å². The Bertz CT molecular complexity index is 829. The van der Waals surface area contributed by atoms with E-state index in [1.54, 1.807) is 0 Å². The summed E-state index contributed by atoms with van der Waals surface area (Å²) < 4.78 is 0. The molecule has 2 atom stereocenters. The van der Waals surface area contributed by atoms with Crippen LogP contribution < -0.4 is 0 Å². The molecule has 170 valence electrons. The number of hydrogen-bond acceptors (Lipinski definition) is 0. The van der Waals surface area contributed by atoms with Crippen LogP contribution in [0.5, 0.6) is 0 Å². The Morgan fingerprint density at radius 2 is 1.29 bits per heavy atom. The zero-order chi connectivity index (χ0) is 23.7. The van der Waals surface area contributed by atoms with Crippen molar-refractivity contribution in [2.45, 2.75) is 85.9 Å². The summed E-state index contributed by atoms with van der Waals surface area (Å²) in [4.78, 5) is 0. The summed E-state index contributed by atoms with van der Waals surface area (Å²) in [7, 11) is 2.39. The van der Waals surface area contributed by atoms with Crippen LogP contribution in [-0.2, 0) is 11.8 Å². The number of rotatable bonds is 9. The Kier molecular flexibility index (Phi) is 8.01. The van der Waals surface area contributed by atoms with Gasteiger partial charge >= 0.3 is 0 Å². The third kappa shape index (κ3) is 5.32. The van der Waals surface area contributed by atoms with E-state index in [0.717, 1.165) is 11.8 Å². The fourth-order valence-corrected chi connectivity index (χ4v) is 5.76. The predicted molar refractivity (Wildman–Crippen MR) is 145 cm³/mol. The first-order valence-corrected chi connectivity index (χ1v) is 13.0. The van der Waals surface area contributed by atoms with Gasteiger partial charge in [-0.15, -0.1) is 0 Å². The molecule has 2 heteroatoms. The standard InChI is InChI=1S/C29H44BBr/c1-21(30)25(29(8,9)26(2,3)19-22-13-11-10-12-14-22)23-15-17-24(18-16-23)28(6,7)27(4,5)20-31/h10-18,21,25H,19-20,30H2,1-9H3. The van der Waals surface area contributed by atoms with Crippen LogP contribution in [0, 0.1) is 16.2 Å². The smallest absolute Gasteiger partial charge is 0.0922 e. The molecule has 2 aromatic rings.